The van der Waals surface area contributed by atoms with Gasteiger partial charge in [-0.05, 0) is 12.1 Å². The summed E-state index contributed by atoms with van der Waals surface area (Å²) in [5.41, 5.74) is 3.50. The zero-order chi connectivity index (χ0) is 16.7. The summed E-state index contributed by atoms with van der Waals surface area (Å²) in [5, 5.41) is 0. The third-order valence-corrected chi connectivity index (χ3v) is 4.99. The fourth-order valence-electron chi connectivity index (χ4n) is 2.72. The first kappa shape index (κ1) is 14.7. The van der Waals surface area contributed by atoms with Crippen molar-refractivity contribution >= 4 is 15.7 Å². The van der Waals surface area contributed by atoms with Crippen LogP contribution in [0.1, 0.15) is 0 Å². The van der Waals surface area contributed by atoms with Crippen LogP contribution in [0.3, 0.4) is 0 Å². The number of rotatable bonds is 3. The smallest absolute Gasteiger partial charge is 0.306 e. The summed E-state index contributed by atoms with van der Waals surface area (Å²) in [6, 6.07) is 16.6. The highest BCUT2D eigenvalue weighted by Gasteiger charge is 2.18. The molecule has 4 aromatic rings. The Morgan fingerprint density at radius 2 is 1.67 bits per heavy atom. The van der Waals surface area contributed by atoms with Crippen molar-refractivity contribution in [3.63, 3.8) is 0 Å². The zero-order valence-corrected chi connectivity index (χ0v) is 13.7. The molecule has 2 aromatic carbocycles. The van der Waals surface area contributed by atoms with Gasteiger partial charge in [0.2, 0.25) is 0 Å². The van der Waals surface area contributed by atoms with Gasteiger partial charge in [0, 0.05) is 23.6 Å². The third-order valence-electron chi connectivity index (χ3n) is 3.87. The highest BCUT2D eigenvalue weighted by atomic mass is 32.2. The molecule has 6 heteroatoms. The minimum Gasteiger partial charge on any atom is -0.432 e. The first-order valence-corrected chi connectivity index (χ1v) is 9.24. The Labute approximate surface area is 139 Å². The molecule has 0 aliphatic carbocycles. The van der Waals surface area contributed by atoms with E-state index in [1.165, 1.54) is 6.26 Å². The van der Waals surface area contributed by atoms with E-state index < -0.39 is 9.84 Å². The van der Waals surface area contributed by atoms with E-state index >= 15 is 0 Å². The number of hydrogen-bond donors (Lipinski definition) is 0. The van der Waals surface area contributed by atoms with Crippen molar-refractivity contribution in [2.24, 2.45) is 0 Å². The number of hydrogen-bond acceptors (Lipinski definition) is 4. The van der Waals surface area contributed by atoms with E-state index in [0.717, 1.165) is 22.5 Å². The first-order valence-electron chi connectivity index (χ1n) is 7.35. The standard InChI is InChI=1S/C18H14N2O3S/c1-24(21,22)15-9-7-14(8-10-15)17-16(13-5-3-2-4-6-13)19-18-20(17)11-12-23-18/h2-12H,1H3. The number of nitrogens with zero attached hydrogens (tertiary/aromatic N) is 2. The van der Waals surface area contributed by atoms with E-state index in [-0.39, 0.29) is 0 Å². The van der Waals surface area contributed by atoms with Crippen LogP contribution in [-0.2, 0) is 9.84 Å². The van der Waals surface area contributed by atoms with Gasteiger partial charge in [0.1, 0.15) is 12.0 Å². The normalized spacial score (nSPS) is 11.9. The summed E-state index contributed by atoms with van der Waals surface area (Å²) in [5.74, 6) is 0.496. The summed E-state index contributed by atoms with van der Waals surface area (Å²) >= 11 is 0. The van der Waals surface area contributed by atoms with Crippen molar-refractivity contribution in [1.29, 1.82) is 0 Å². The van der Waals surface area contributed by atoms with E-state index in [9.17, 15) is 8.42 Å². The van der Waals surface area contributed by atoms with E-state index in [2.05, 4.69) is 4.98 Å². The molecular weight excluding hydrogens is 324 g/mol. The molecule has 24 heavy (non-hydrogen) atoms. The lowest BCUT2D eigenvalue weighted by Crippen LogP contribution is -1.96. The topological polar surface area (TPSA) is 64.6 Å². The molecule has 0 bridgehead atoms. The van der Waals surface area contributed by atoms with Crippen LogP contribution in [0, 0.1) is 0 Å². The molecule has 0 fully saturated rings. The maximum Gasteiger partial charge on any atom is 0.306 e. The minimum absolute atomic E-state index is 0.292. The van der Waals surface area contributed by atoms with Crippen LogP contribution in [0.5, 0.6) is 0 Å². The molecule has 0 saturated heterocycles. The Hall–Kier alpha value is -2.86. The first-order chi connectivity index (χ1) is 11.5. The van der Waals surface area contributed by atoms with Crippen LogP contribution in [0.2, 0.25) is 0 Å². The van der Waals surface area contributed by atoms with Crippen LogP contribution < -0.4 is 0 Å². The summed E-state index contributed by atoms with van der Waals surface area (Å²) < 4.78 is 30.6. The van der Waals surface area contributed by atoms with Gasteiger partial charge in [-0.25, -0.2) is 8.42 Å². The van der Waals surface area contributed by atoms with Gasteiger partial charge < -0.3 is 4.42 Å². The molecule has 0 spiro atoms. The largest absolute Gasteiger partial charge is 0.432 e. The number of fused-ring (bicyclic) bond motifs is 1. The molecule has 4 rings (SSSR count). The monoisotopic (exact) mass is 338 g/mol. The van der Waals surface area contributed by atoms with E-state index in [4.69, 9.17) is 4.42 Å². The Morgan fingerprint density at radius 3 is 2.33 bits per heavy atom. The van der Waals surface area contributed by atoms with Gasteiger partial charge in [0.15, 0.2) is 9.84 Å². The van der Waals surface area contributed by atoms with Crippen LogP contribution in [0.4, 0.5) is 0 Å². The number of sulfone groups is 1. The molecule has 0 radical (unpaired) electrons. The molecule has 2 heterocycles. The predicted octanol–water partition coefficient (Wildman–Crippen LogP) is 3.66. The van der Waals surface area contributed by atoms with Gasteiger partial charge in [0.05, 0.1) is 10.6 Å². The van der Waals surface area contributed by atoms with Gasteiger partial charge in [-0.1, -0.05) is 42.5 Å². The van der Waals surface area contributed by atoms with Crippen molar-refractivity contribution < 1.29 is 12.8 Å². The molecule has 0 saturated carbocycles. The number of aromatic nitrogens is 2. The number of imidazole rings is 1. The van der Waals surface area contributed by atoms with Crippen LogP contribution in [-0.4, -0.2) is 24.1 Å². The lowest BCUT2D eigenvalue weighted by atomic mass is 10.1. The molecule has 0 amide bonds. The van der Waals surface area contributed by atoms with Gasteiger partial charge in [0.25, 0.3) is 0 Å². The third kappa shape index (κ3) is 2.41. The lowest BCUT2D eigenvalue weighted by Gasteiger charge is -2.06. The predicted molar refractivity (Wildman–Crippen MR) is 91.4 cm³/mol. The van der Waals surface area contributed by atoms with Crippen LogP contribution >= 0.6 is 0 Å². The highest BCUT2D eigenvalue weighted by Crippen LogP contribution is 2.33. The van der Waals surface area contributed by atoms with Crippen molar-refractivity contribution in [2.75, 3.05) is 6.26 Å². The van der Waals surface area contributed by atoms with Crippen molar-refractivity contribution in [1.82, 2.24) is 9.38 Å². The number of oxazole rings is 1. The van der Waals surface area contributed by atoms with Crippen molar-refractivity contribution in [3.8, 4) is 22.5 Å². The SMILES string of the molecule is CS(=O)(=O)c1ccc(-c2c(-c3ccccc3)nc3occn23)cc1. The second-order valence-corrected chi connectivity index (χ2v) is 7.54. The van der Waals surface area contributed by atoms with Crippen LogP contribution in [0.25, 0.3) is 28.4 Å². The summed E-state index contributed by atoms with van der Waals surface area (Å²) in [4.78, 5) is 4.86. The average molecular weight is 338 g/mol. The number of benzene rings is 2. The molecule has 0 atom stereocenters. The average Bonchev–Trinajstić information content (AvgIpc) is 3.15. The minimum atomic E-state index is -3.22. The van der Waals surface area contributed by atoms with Gasteiger partial charge in [-0.2, -0.15) is 4.98 Å². The van der Waals surface area contributed by atoms with E-state index in [1.807, 2.05) is 34.7 Å². The summed E-state index contributed by atoms with van der Waals surface area (Å²) in [6.45, 7) is 0. The molecule has 120 valence electrons. The van der Waals surface area contributed by atoms with Gasteiger partial charge in [-0.3, -0.25) is 4.40 Å². The molecule has 5 nitrogen and oxygen atoms in total. The van der Waals surface area contributed by atoms with Gasteiger partial charge >= 0.3 is 5.84 Å². The fraction of sp³-hybridized carbons (Fsp3) is 0.0556. The van der Waals surface area contributed by atoms with E-state index in [0.29, 0.717) is 10.7 Å². The van der Waals surface area contributed by atoms with Gasteiger partial charge in [-0.15, -0.1) is 0 Å². The summed E-state index contributed by atoms with van der Waals surface area (Å²) in [6.07, 6.45) is 4.57. The zero-order valence-electron chi connectivity index (χ0n) is 12.9. The maximum absolute atomic E-state index is 11.7. The van der Waals surface area contributed by atoms with Crippen LogP contribution in [0.15, 0.2) is 76.4 Å². The molecular formula is C18H14N2O3S. The molecule has 2 aromatic heterocycles. The molecule has 0 unspecified atom stereocenters. The second kappa shape index (κ2) is 5.35. The quantitative estimate of drug-likeness (QED) is 0.572. The maximum atomic E-state index is 11.7. The van der Waals surface area contributed by atoms with Crippen molar-refractivity contribution in [2.45, 2.75) is 4.90 Å². The Kier molecular flexibility index (Phi) is 3.28. The highest BCUT2D eigenvalue weighted by molar-refractivity contribution is 7.90. The van der Waals surface area contributed by atoms with Crippen molar-refractivity contribution in [3.05, 3.63) is 67.1 Å². The Morgan fingerprint density at radius 1 is 0.958 bits per heavy atom. The molecule has 0 aliphatic rings. The Balaban J connectivity index is 1.94. The lowest BCUT2D eigenvalue weighted by molar-refractivity contribution is 0.596. The Bertz CT molecular complexity index is 1110. The van der Waals surface area contributed by atoms with E-state index in [1.54, 1.807) is 36.7 Å². The fourth-order valence-corrected chi connectivity index (χ4v) is 3.35. The second-order valence-electron chi connectivity index (χ2n) is 5.53. The summed E-state index contributed by atoms with van der Waals surface area (Å²) in [7, 11) is -3.22. The molecule has 0 aliphatic heterocycles. The molecule has 0 N–H and O–H groups in total.